The molecule has 29 heavy (non-hydrogen) atoms. The Morgan fingerprint density at radius 1 is 1.00 bits per heavy atom. The second-order valence-corrected chi connectivity index (χ2v) is 7.96. The van der Waals surface area contributed by atoms with Gasteiger partial charge in [0.25, 0.3) is 0 Å². The molecule has 0 radical (unpaired) electrons. The Hall–Kier alpha value is -2.22. The maximum absolute atomic E-state index is 11.9. The first-order chi connectivity index (χ1) is 13.7. The number of hydrogen-bond acceptors (Lipinski definition) is 5. The molecular formula is C22H29NO5S. The Kier molecular flexibility index (Phi) is 8.37. The van der Waals surface area contributed by atoms with E-state index in [4.69, 9.17) is 19.0 Å². The molecule has 0 atom stereocenters. The summed E-state index contributed by atoms with van der Waals surface area (Å²) >= 11 is 3.93. The van der Waals surface area contributed by atoms with Crippen LogP contribution in [0.5, 0.6) is 11.5 Å². The molecule has 0 aliphatic carbocycles. The van der Waals surface area contributed by atoms with Crippen molar-refractivity contribution in [3.05, 3.63) is 59.2 Å². The number of hydrogen-bond donors (Lipinski definition) is 1. The van der Waals surface area contributed by atoms with Crippen LogP contribution in [0, 0.1) is 0 Å². The summed E-state index contributed by atoms with van der Waals surface area (Å²) in [7, 11) is 3.10. The Labute approximate surface area is 178 Å². The fourth-order valence-corrected chi connectivity index (χ4v) is 2.77. The van der Waals surface area contributed by atoms with E-state index in [0.717, 1.165) is 11.1 Å². The lowest BCUT2D eigenvalue weighted by Gasteiger charge is -2.21. The summed E-state index contributed by atoms with van der Waals surface area (Å²) in [6.07, 6.45) is 0. The van der Waals surface area contributed by atoms with E-state index in [-0.39, 0.29) is 25.4 Å². The van der Waals surface area contributed by atoms with Crippen LogP contribution in [0.15, 0.2) is 42.5 Å². The van der Waals surface area contributed by atoms with Gasteiger partial charge in [-0.05, 0) is 34.2 Å². The Morgan fingerprint density at radius 2 is 1.66 bits per heavy atom. The summed E-state index contributed by atoms with van der Waals surface area (Å²) in [5, 5.41) is 0.737. The van der Waals surface area contributed by atoms with E-state index in [1.807, 2.05) is 18.2 Å². The van der Waals surface area contributed by atoms with Crippen molar-refractivity contribution in [2.24, 2.45) is 0 Å². The zero-order chi connectivity index (χ0) is 21.4. The van der Waals surface area contributed by atoms with Crippen LogP contribution in [0.2, 0.25) is 0 Å². The van der Waals surface area contributed by atoms with Crippen molar-refractivity contribution in [2.75, 3.05) is 21.0 Å². The van der Waals surface area contributed by atoms with E-state index in [2.05, 4.69) is 45.5 Å². The summed E-state index contributed by atoms with van der Waals surface area (Å²) in [6, 6.07) is 13.6. The van der Waals surface area contributed by atoms with Crippen LogP contribution in [0.3, 0.4) is 0 Å². The fourth-order valence-electron chi connectivity index (χ4n) is 2.64. The highest BCUT2D eigenvalue weighted by molar-refractivity contribution is 7.96. The van der Waals surface area contributed by atoms with Gasteiger partial charge in [0.1, 0.15) is 6.61 Å². The standard InChI is InChI=1S/C22H29NO5S/c1-22(2,3)18-9-6-16(7-10-18)14-28-23(21(24)29)13-17-8-11-19(27-15-25-4)20(12-17)26-5/h6-12H,13-15H2,1-5H3,(H,24,29). The zero-order valence-electron chi connectivity index (χ0n) is 17.6. The molecule has 2 aromatic carbocycles. The number of ether oxygens (including phenoxy) is 3. The second kappa shape index (κ2) is 10.5. The van der Waals surface area contributed by atoms with Crippen molar-refractivity contribution in [3.63, 3.8) is 0 Å². The van der Waals surface area contributed by atoms with E-state index < -0.39 is 5.24 Å². The summed E-state index contributed by atoms with van der Waals surface area (Å²) in [5.74, 6) is 1.10. The zero-order valence-corrected chi connectivity index (χ0v) is 18.5. The topological polar surface area (TPSA) is 57.2 Å². The predicted molar refractivity (Wildman–Crippen MR) is 115 cm³/mol. The van der Waals surface area contributed by atoms with Crippen molar-refractivity contribution < 1.29 is 23.8 Å². The van der Waals surface area contributed by atoms with Gasteiger partial charge in [0, 0.05) is 7.11 Å². The van der Waals surface area contributed by atoms with E-state index in [1.54, 1.807) is 26.4 Å². The molecule has 2 aromatic rings. The van der Waals surface area contributed by atoms with Gasteiger partial charge in [0.05, 0.1) is 13.7 Å². The van der Waals surface area contributed by atoms with Crippen molar-refractivity contribution in [1.82, 2.24) is 5.06 Å². The first-order valence-electron chi connectivity index (χ1n) is 9.26. The molecule has 0 spiro atoms. The van der Waals surface area contributed by atoms with Crippen LogP contribution >= 0.6 is 12.6 Å². The number of thiol groups is 1. The van der Waals surface area contributed by atoms with Gasteiger partial charge >= 0.3 is 5.24 Å². The molecule has 0 aromatic heterocycles. The number of rotatable bonds is 9. The van der Waals surface area contributed by atoms with Crippen molar-refractivity contribution in [3.8, 4) is 11.5 Å². The summed E-state index contributed by atoms with van der Waals surface area (Å²) < 4.78 is 15.7. The third-order valence-electron chi connectivity index (χ3n) is 4.31. The molecule has 158 valence electrons. The smallest absolute Gasteiger partial charge is 0.302 e. The van der Waals surface area contributed by atoms with Gasteiger partial charge in [-0.15, -0.1) is 0 Å². The Balaban J connectivity index is 2.04. The molecule has 0 N–H and O–H groups in total. The molecule has 0 aliphatic heterocycles. The Bertz CT molecular complexity index is 802. The maximum Gasteiger partial charge on any atom is 0.302 e. The van der Waals surface area contributed by atoms with Crippen molar-refractivity contribution >= 4 is 17.9 Å². The lowest BCUT2D eigenvalue weighted by Crippen LogP contribution is -2.26. The number of methoxy groups -OCH3 is 2. The lowest BCUT2D eigenvalue weighted by atomic mass is 9.87. The summed E-state index contributed by atoms with van der Waals surface area (Å²) in [6.45, 7) is 7.11. The first kappa shape index (κ1) is 23.1. The molecule has 0 saturated carbocycles. The SMILES string of the molecule is COCOc1ccc(CN(OCc2ccc(C(C)(C)C)cc2)C(=O)S)cc1OC. The largest absolute Gasteiger partial charge is 0.493 e. The van der Waals surface area contributed by atoms with E-state index in [0.29, 0.717) is 11.5 Å². The normalized spacial score (nSPS) is 11.2. The molecule has 0 aliphatic rings. The lowest BCUT2D eigenvalue weighted by molar-refractivity contribution is -0.126. The van der Waals surface area contributed by atoms with E-state index in [1.165, 1.54) is 10.6 Å². The van der Waals surface area contributed by atoms with Gasteiger partial charge in [-0.25, -0.2) is 5.06 Å². The average Bonchev–Trinajstić information content (AvgIpc) is 2.69. The van der Waals surface area contributed by atoms with Gasteiger partial charge in [-0.3, -0.25) is 9.63 Å². The molecule has 1 amide bonds. The monoisotopic (exact) mass is 419 g/mol. The number of nitrogens with zero attached hydrogens (tertiary/aromatic N) is 1. The molecule has 0 bridgehead atoms. The van der Waals surface area contributed by atoms with Crippen LogP contribution in [-0.2, 0) is 28.1 Å². The van der Waals surface area contributed by atoms with Crippen LogP contribution in [0.1, 0.15) is 37.5 Å². The minimum Gasteiger partial charge on any atom is -0.493 e. The highest BCUT2D eigenvalue weighted by Gasteiger charge is 2.15. The van der Waals surface area contributed by atoms with Crippen LogP contribution in [0.4, 0.5) is 4.79 Å². The average molecular weight is 420 g/mol. The minimum atomic E-state index is -0.477. The van der Waals surface area contributed by atoms with Gasteiger partial charge in [0.15, 0.2) is 18.3 Å². The van der Waals surface area contributed by atoms with E-state index >= 15 is 0 Å². The second-order valence-electron chi connectivity index (χ2n) is 7.58. The van der Waals surface area contributed by atoms with E-state index in [9.17, 15) is 4.79 Å². The number of hydroxylamine groups is 2. The minimum absolute atomic E-state index is 0.0880. The molecular weight excluding hydrogens is 390 g/mol. The fraction of sp³-hybridized carbons (Fsp3) is 0.409. The molecule has 0 heterocycles. The number of benzene rings is 2. The maximum atomic E-state index is 11.9. The molecule has 0 unspecified atom stereocenters. The molecule has 0 saturated heterocycles. The molecule has 0 fully saturated rings. The number of amides is 1. The van der Waals surface area contributed by atoms with Gasteiger partial charge in [-0.1, -0.05) is 63.7 Å². The third-order valence-corrected chi connectivity index (χ3v) is 4.53. The molecule has 6 nitrogen and oxygen atoms in total. The van der Waals surface area contributed by atoms with Crippen LogP contribution in [-0.4, -0.2) is 31.3 Å². The number of carbonyl (C=O) groups excluding carboxylic acids is 1. The van der Waals surface area contributed by atoms with Crippen LogP contribution in [0.25, 0.3) is 0 Å². The summed E-state index contributed by atoms with van der Waals surface area (Å²) in [4.78, 5) is 17.6. The molecule has 2 rings (SSSR count). The Morgan fingerprint density at radius 3 is 2.21 bits per heavy atom. The molecule has 7 heteroatoms. The van der Waals surface area contributed by atoms with Crippen molar-refractivity contribution in [2.45, 2.75) is 39.3 Å². The van der Waals surface area contributed by atoms with Crippen LogP contribution < -0.4 is 9.47 Å². The van der Waals surface area contributed by atoms with Gasteiger partial charge in [-0.2, -0.15) is 0 Å². The number of carbonyl (C=O) groups is 1. The van der Waals surface area contributed by atoms with Crippen molar-refractivity contribution in [1.29, 1.82) is 0 Å². The van der Waals surface area contributed by atoms with Gasteiger partial charge in [0.2, 0.25) is 0 Å². The summed E-state index contributed by atoms with van der Waals surface area (Å²) in [5.41, 5.74) is 3.12. The third kappa shape index (κ3) is 6.96. The highest BCUT2D eigenvalue weighted by atomic mass is 32.1. The highest BCUT2D eigenvalue weighted by Crippen LogP contribution is 2.29. The quantitative estimate of drug-likeness (QED) is 0.354. The van der Waals surface area contributed by atoms with Gasteiger partial charge < -0.3 is 14.2 Å². The predicted octanol–water partition coefficient (Wildman–Crippen LogP) is 4.96. The first-order valence-corrected chi connectivity index (χ1v) is 9.70.